The quantitative estimate of drug-likeness (QED) is 0.689. The van der Waals surface area contributed by atoms with E-state index in [4.69, 9.17) is 11.6 Å². The Hall–Kier alpha value is -2.09. The van der Waals surface area contributed by atoms with Gasteiger partial charge in [-0.3, -0.25) is 0 Å². The molecule has 1 aromatic heterocycles. The number of hydrogen-bond donors (Lipinski definition) is 2. The van der Waals surface area contributed by atoms with Gasteiger partial charge in [0.15, 0.2) is 5.82 Å². The molecule has 0 amide bonds. The van der Waals surface area contributed by atoms with E-state index in [9.17, 15) is 13.2 Å². The normalized spacial score (nSPS) is 11.4. The highest BCUT2D eigenvalue weighted by atomic mass is 35.5. The second kappa shape index (κ2) is 8.14. The van der Waals surface area contributed by atoms with E-state index in [0.717, 1.165) is 25.3 Å². The minimum Gasteiger partial charge on any atom is -0.369 e. The maximum absolute atomic E-state index is 13.1. The van der Waals surface area contributed by atoms with Gasteiger partial charge in [-0.15, -0.1) is 5.10 Å². The molecule has 9 heteroatoms. The van der Waals surface area contributed by atoms with E-state index in [1.54, 1.807) is 0 Å². The summed E-state index contributed by atoms with van der Waals surface area (Å²) in [6.07, 6.45) is 0.0165. The van der Waals surface area contributed by atoms with Crippen LogP contribution in [0.2, 0.25) is 5.02 Å². The summed E-state index contributed by atoms with van der Waals surface area (Å²) >= 11 is 5.65. The summed E-state index contributed by atoms with van der Waals surface area (Å²) in [5.41, 5.74) is -1.07. The van der Waals surface area contributed by atoms with E-state index in [0.29, 0.717) is 12.4 Å². The Balaban J connectivity index is 2.14. The molecule has 1 heterocycles. The first-order valence-electron chi connectivity index (χ1n) is 7.47. The first kappa shape index (κ1) is 18.3. The van der Waals surface area contributed by atoms with Gasteiger partial charge in [0, 0.05) is 11.6 Å². The van der Waals surface area contributed by atoms with Gasteiger partial charge in [-0.25, -0.2) is 0 Å². The van der Waals surface area contributed by atoms with Crippen LogP contribution in [0, 0.1) is 0 Å². The van der Waals surface area contributed by atoms with Crippen LogP contribution in [0.25, 0.3) is 0 Å². The number of aromatic nitrogens is 3. The van der Waals surface area contributed by atoms with Gasteiger partial charge in [0.05, 0.1) is 17.4 Å². The zero-order chi connectivity index (χ0) is 17.6. The third-order valence-electron chi connectivity index (χ3n) is 3.18. The van der Waals surface area contributed by atoms with Crippen molar-refractivity contribution in [3.05, 3.63) is 35.0 Å². The Morgan fingerprint density at radius 1 is 1.21 bits per heavy atom. The Morgan fingerprint density at radius 3 is 2.71 bits per heavy atom. The molecule has 0 aliphatic rings. The second-order valence-electron chi connectivity index (χ2n) is 5.11. The number of unbranched alkanes of at least 4 members (excludes halogenated alkanes) is 2. The molecule has 0 radical (unpaired) electrons. The minimum absolute atomic E-state index is 0.00161. The van der Waals surface area contributed by atoms with E-state index >= 15 is 0 Å². The number of anilines is 3. The molecular formula is C15H17ClF3N5. The molecule has 0 spiro atoms. The molecule has 24 heavy (non-hydrogen) atoms. The molecule has 0 fully saturated rings. The Morgan fingerprint density at radius 2 is 2.00 bits per heavy atom. The van der Waals surface area contributed by atoms with Crippen LogP contribution in [-0.4, -0.2) is 21.7 Å². The van der Waals surface area contributed by atoms with Crippen LogP contribution in [0.15, 0.2) is 24.4 Å². The predicted octanol–water partition coefficient (Wildman–Crippen LogP) is 4.89. The van der Waals surface area contributed by atoms with Gasteiger partial charge in [0.2, 0.25) is 5.95 Å². The van der Waals surface area contributed by atoms with Crippen molar-refractivity contribution in [2.24, 2.45) is 0 Å². The zero-order valence-electron chi connectivity index (χ0n) is 13.0. The number of rotatable bonds is 7. The van der Waals surface area contributed by atoms with Gasteiger partial charge < -0.3 is 10.6 Å². The van der Waals surface area contributed by atoms with Crippen molar-refractivity contribution in [3.63, 3.8) is 0 Å². The van der Waals surface area contributed by atoms with Crippen LogP contribution < -0.4 is 10.6 Å². The van der Waals surface area contributed by atoms with Crippen LogP contribution in [0.1, 0.15) is 31.7 Å². The summed E-state index contributed by atoms with van der Waals surface area (Å²) in [4.78, 5) is 4.12. The fourth-order valence-corrected chi connectivity index (χ4v) is 2.19. The standard InChI is InChI=1S/C15H17ClF3N5/c1-2-3-4-7-20-13-9-21-24-14(23-13)22-12-6-5-10(16)8-11(12)15(17,18)19/h5-6,8-9H,2-4,7H2,1H3,(H2,20,22,23,24). The van der Waals surface area contributed by atoms with Crippen molar-refractivity contribution < 1.29 is 13.2 Å². The molecular weight excluding hydrogens is 343 g/mol. The van der Waals surface area contributed by atoms with Crippen LogP contribution in [0.3, 0.4) is 0 Å². The van der Waals surface area contributed by atoms with E-state index in [1.807, 2.05) is 0 Å². The molecule has 0 bridgehead atoms. The van der Waals surface area contributed by atoms with Crippen molar-refractivity contribution >= 4 is 29.1 Å². The molecule has 0 atom stereocenters. The lowest BCUT2D eigenvalue weighted by Crippen LogP contribution is -2.11. The molecule has 0 saturated carbocycles. The number of nitrogens with one attached hydrogen (secondary N) is 2. The smallest absolute Gasteiger partial charge is 0.369 e. The van der Waals surface area contributed by atoms with Crippen molar-refractivity contribution in [2.75, 3.05) is 17.2 Å². The molecule has 1 aromatic carbocycles. The summed E-state index contributed by atoms with van der Waals surface area (Å²) in [6, 6.07) is 3.44. The monoisotopic (exact) mass is 359 g/mol. The molecule has 2 N–H and O–H groups in total. The van der Waals surface area contributed by atoms with Gasteiger partial charge in [-0.05, 0) is 24.6 Å². The fourth-order valence-electron chi connectivity index (χ4n) is 2.01. The average molecular weight is 360 g/mol. The molecule has 2 rings (SSSR count). The number of hydrogen-bond acceptors (Lipinski definition) is 5. The Bertz CT molecular complexity index is 678. The van der Waals surface area contributed by atoms with E-state index < -0.39 is 11.7 Å². The first-order valence-corrected chi connectivity index (χ1v) is 7.85. The molecule has 130 valence electrons. The number of alkyl halides is 3. The Kier molecular flexibility index (Phi) is 6.19. The van der Waals surface area contributed by atoms with E-state index in [2.05, 4.69) is 32.7 Å². The maximum Gasteiger partial charge on any atom is 0.418 e. The summed E-state index contributed by atoms with van der Waals surface area (Å²) in [5, 5.41) is 13.1. The average Bonchev–Trinajstić information content (AvgIpc) is 2.53. The Labute approximate surface area is 142 Å². The number of benzene rings is 1. The van der Waals surface area contributed by atoms with Crippen LogP contribution in [0.4, 0.5) is 30.6 Å². The SMILES string of the molecule is CCCCCNc1cnnc(Nc2ccc(Cl)cc2C(F)(F)F)n1. The molecule has 0 unspecified atom stereocenters. The zero-order valence-corrected chi connectivity index (χ0v) is 13.7. The molecule has 0 aliphatic carbocycles. The summed E-state index contributed by atoms with van der Waals surface area (Å²) < 4.78 is 39.2. The predicted molar refractivity (Wildman–Crippen MR) is 87.6 cm³/mol. The fraction of sp³-hybridized carbons (Fsp3) is 0.400. The van der Waals surface area contributed by atoms with Crippen LogP contribution >= 0.6 is 11.6 Å². The van der Waals surface area contributed by atoms with Crippen molar-refractivity contribution in [1.29, 1.82) is 0 Å². The second-order valence-corrected chi connectivity index (χ2v) is 5.55. The lowest BCUT2D eigenvalue weighted by Gasteiger charge is -2.14. The number of nitrogens with zero attached hydrogens (tertiary/aromatic N) is 3. The van der Waals surface area contributed by atoms with E-state index in [1.165, 1.54) is 18.3 Å². The highest BCUT2D eigenvalue weighted by molar-refractivity contribution is 6.30. The summed E-state index contributed by atoms with van der Waals surface area (Å²) in [6.45, 7) is 2.80. The molecule has 2 aromatic rings. The third-order valence-corrected chi connectivity index (χ3v) is 3.41. The number of halogens is 4. The van der Waals surface area contributed by atoms with E-state index in [-0.39, 0.29) is 16.7 Å². The van der Waals surface area contributed by atoms with Gasteiger partial charge >= 0.3 is 6.18 Å². The van der Waals surface area contributed by atoms with Crippen LogP contribution in [-0.2, 0) is 6.18 Å². The summed E-state index contributed by atoms with van der Waals surface area (Å²) in [5.74, 6) is 0.425. The van der Waals surface area contributed by atoms with Crippen molar-refractivity contribution in [3.8, 4) is 0 Å². The highest BCUT2D eigenvalue weighted by Gasteiger charge is 2.34. The van der Waals surface area contributed by atoms with Gasteiger partial charge in [-0.1, -0.05) is 31.4 Å². The van der Waals surface area contributed by atoms with Gasteiger partial charge in [-0.2, -0.15) is 23.3 Å². The maximum atomic E-state index is 13.1. The summed E-state index contributed by atoms with van der Waals surface area (Å²) in [7, 11) is 0. The highest BCUT2D eigenvalue weighted by Crippen LogP contribution is 2.37. The lowest BCUT2D eigenvalue weighted by atomic mass is 10.1. The molecule has 0 aliphatic heterocycles. The van der Waals surface area contributed by atoms with Crippen LogP contribution in [0.5, 0.6) is 0 Å². The van der Waals surface area contributed by atoms with Crippen molar-refractivity contribution in [1.82, 2.24) is 15.2 Å². The molecule has 5 nitrogen and oxygen atoms in total. The molecule has 0 saturated heterocycles. The topological polar surface area (TPSA) is 62.7 Å². The first-order chi connectivity index (χ1) is 11.4. The van der Waals surface area contributed by atoms with Gasteiger partial charge in [0.1, 0.15) is 0 Å². The van der Waals surface area contributed by atoms with Gasteiger partial charge in [0.25, 0.3) is 0 Å². The largest absolute Gasteiger partial charge is 0.418 e. The lowest BCUT2D eigenvalue weighted by molar-refractivity contribution is -0.136. The van der Waals surface area contributed by atoms with Crippen molar-refractivity contribution in [2.45, 2.75) is 32.4 Å². The third kappa shape index (κ3) is 5.23. The minimum atomic E-state index is -4.54.